The zero-order valence-corrected chi connectivity index (χ0v) is 38.5. The van der Waals surface area contributed by atoms with Gasteiger partial charge in [-0.25, -0.2) is 0 Å². The van der Waals surface area contributed by atoms with E-state index in [0.717, 1.165) is 32.1 Å². The number of carbonyl (C=O) groups excluding carboxylic acids is 1. The van der Waals surface area contributed by atoms with E-state index in [2.05, 4.69) is 31.3 Å². The number of allylic oxidation sites excluding steroid dienone is 3. The Morgan fingerprint density at radius 2 is 0.754 bits per heavy atom. The van der Waals surface area contributed by atoms with Crippen molar-refractivity contribution >= 4 is 5.91 Å². The highest BCUT2D eigenvalue weighted by molar-refractivity contribution is 5.76. The second-order valence-corrected chi connectivity index (χ2v) is 17.8. The van der Waals surface area contributed by atoms with Crippen LogP contribution in [0.3, 0.4) is 0 Å². The minimum absolute atomic E-state index is 0.0101. The van der Waals surface area contributed by atoms with Crippen molar-refractivity contribution in [1.82, 2.24) is 5.32 Å². The Morgan fingerprint density at radius 1 is 0.439 bits per heavy atom. The van der Waals surface area contributed by atoms with Crippen molar-refractivity contribution in [2.45, 2.75) is 295 Å². The Kier molecular flexibility index (Phi) is 46.5. The van der Waals surface area contributed by atoms with E-state index in [0.29, 0.717) is 6.42 Å². The normalized spacial score (nSPS) is 13.6. The average Bonchev–Trinajstić information content (AvgIpc) is 3.20. The highest BCUT2D eigenvalue weighted by Crippen LogP contribution is 2.17. The lowest BCUT2D eigenvalue weighted by Crippen LogP contribution is -2.45. The lowest BCUT2D eigenvalue weighted by Gasteiger charge is -2.21. The minimum Gasteiger partial charge on any atom is -0.394 e. The highest BCUT2D eigenvalue weighted by Gasteiger charge is 2.20. The first kappa shape index (κ1) is 55.8. The van der Waals surface area contributed by atoms with Crippen molar-refractivity contribution in [1.29, 1.82) is 0 Å². The molecule has 4 N–H and O–H groups in total. The van der Waals surface area contributed by atoms with Gasteiger partial charge >= 0.3 is 0 Å². The van der Waals surface area contributed by atoms with Gasteiger partial charge in [0, 0.05) is 0 Å². The molecule has 3 unspecified atom stereocenters. The molecule has 0 saturated heterocycles. The predicted molar refractivity (Wildman–Crippen MR) is 250 cm³/mol. The van der Waals surface area contributed by atoms with Crippen molar-refractivity contribution in [3.05, 3.63) is 24.3 Å². The highest BCUT2D eigenvalue weighted by atomic mass is 16.3. The molecule has 1 amide bonds. The van der Waals surface area contributed by atoms with E-state index in [9.17, 15) is 20.1 Å². The molecule has 57 heavy (non-hydrogen) atoms. The first-order valence-electron chi connectivity index (χ1n) is 25.6. The number of hydrogen-bond donors (Lipinski definition) is 4. The van der Waals surface area contributed by atoms with E-state index >= 15 is 0 Å². The number of nitrogens with one attached hydrogen (secondary N) is 1. The second kappa shape index (κ2) is 47.5. The summed E-state index contributed by atoms with van der Waals surface area (Å²) in [7, 11) is 0. The summed E-state index contributed by atoms with van der Waals surface area (Å²) in [5, 5.41) is 33.3. The molecule has 0 saturated carbocycles. The van der Waals surface area contributed by atoms with Crippen LogP contribution in [0.4, 0.5) is 0 Å². The zero-order valence-electron chi connectivity index (χ0n) is 38.5. The van der Waals surface area contributed by atoms with Gasteiger partial charge in [0.25, 0.3) is 0 Å². The van der Waals surface area contributed by atoms with E-state index in [1.807, 2.05) is 6.08 Å². The number of aliphatic hydroxyl groups is 3. The summed E-state index contributed by atoms with van der Waals surface area (Å²) in [6.07, 6.45) is 59.2. The molecule has 0 fully saturated rings. The molecule has 0 aliphatic heterocycles. The van der Waals surface area contributed by atoms with Crippen LogP contribution in [0.25, 0.3) is 0 Å². The number of aliphatic hydroxyl groups excluding tert-OH is 3. The van der Waals surface area contributed by atoms with Crippen LogP contribution in [0.1, 0.15) is 277 Å². The Bertz CT molecular complexity index is 844. The molecule has 3 atom stereocenters. The first-order valence-corrected chi connectivity index (χ1v) is 25.6. The molecule has 338 valence electrons. The molecule has 0 bridgehead atoms. The molecule has 5 heteroatoms. The summed E-state index contributed by atoms with van der Waals surface area (Å²) < 4.78 is 0. The zero-order chi connectivity index (χ0) is 41.5. The van der Waals surface area contributed by atoms with Crippen LogP contribution in [-0.2, 0) is 4.79 Å². The van der Waals surface area contributed by atoms with Crippen LogP contribution in [0.2, 0.25) is 0 Å². The number of hydrogen-bond acceptors (Lipinski definition) is 4. The Labute approximate surface area is 356 Å². The smallest absolute Gasteiger partial charge is 0.222 e. The maximum atomic E-state index is 12.5. The fourth-order valence-corrected chi connectivity index (χ4v) is 8.06. The van der Waals surface area contributed by atoms with E-state index < -0.39 is 18.2 Å². The van der Waals surface area contributed by atoms with Crippen molar-refractivity contribution in [2.75, 3.05) is 6.61 Å². The summed E-state index contributed by atoms with van der Waals surface area (Å²) in [6.45, 7) is 4.22. The van der Waals surface area contributed by atoms with Crippen LogP contribution in [-0.4, -0.2) is 46.1 Å². The van der Waals surface area contributed by atoms with Gasteiger partial charge in [-0.2, -0.15) is 0 Å². The quantitative estimate of drug-likeness (QED) is 0.0364. The summed E-state index contributed by atoms with van der Waals surface area (Å²) in [6, 6.07) is -0.758. The van der Waals surface area contributed by atoms with Gasteiger partial charge in [-0.05, 0) is 32.1 Å². The third kappa shape index (κ3) is 44.2. The lowest BCUT2D eigenvalue weighted by atomic mass is 10.0. The molecule has 0 aromatic heterocycles. The van der Waals surface area contributed by atoms with Crippen LogP contribution in [0.5, 0.6) is 0 Å². The van der Waals surface area contributed by atoms with Crippen molar-refractivity contribution in [2.24, 2.45) is 0 Å². The molecule has 0 aliphatic carbocycles. The van der Waals surface area contributed by atoms with E-state index in [4.69, 9.17) is 0 Å². The topological polar surface area (TPSA) is 89.8 Å². The molecule has 5 nitrogen and oxygen atoms in total. The Hall–Kier alpha value is -1.17. The summed E-state index contributed by atoms with van der Waals surface area (Å²) in [4.78, 5) is 12.5. The summed E-state index contributed by atoms with van der Waals surface area (Å²) >= 11 is 0. The monoisotopic (exact) mass is 804 g/mol. The summed E-state index contributed by atoms with van der Waals surface area (Å²) in [5.74, 6) is -0.321. The van der Waals surface area contributed by atoms with E-state index in [1.165, 1.54) is 218 Å². The van der Waals surface area contributed by atoms with Gasteiger partial charge < -0.3 is 20.6 Å². The molecule has 0 heterocycles. The Morgan fingerprint density at radius 3 is 1.12 bits per heavy atom. The van der Waals surface area contributed by atoms with Crippen molar-refractivity contribution in [3.63, 3.8) is 0 Å². The minimum atomic E-state index is -0.949. The van der Waals surface area contributed by atoms with Gasteiger partial charge in [-0.15, -0.1) is 0 Å². The van der Waals surface area contributed by atoms with E-state index in [1.54, 1.807) is 6.08 Å². The number of rotatable bonds is 47. The number of unbranched alkanes of at least 4 members (excludes halogenated alkanes) is 36. The second-order valence-electron chi connectivity index (χ2n) is 17.8. The van der Waals surface area contributed by atoms with Gasteiger partial charge in [0.15, 0.2) is 0 Å². The fraction of sp³-hybridized carbons (Fsp3) is 0.904. The molecule has 0 aromatic carbocycles. The van der Waals surface area contributed by atoms with Crippen LogP contribution < -0.4 is 5.32 Å². The van der Waals surface area contributed by atoms with Crippen LogP contribution in [0, 0.1) is 0 Å². The molecular formula is C52H101NO4. The SMILES string of the molecule is CCCCCCCCCCCC/C=C/CC/C=C/C(O)C(CO)NC(=O)CC(O)CCCCCCCCCCCCCCCCCCCCCCCCCCCC. The van der Waals surface area contributed by atoms with Gasteiger partial charge in [0.2, 0.25) is 5.91 Å². The molecule has 0 aliphatic rings. The molecule has 0 rings (SSSR count). The summed E-state index contributed by atoms with van der Waals surface area (Å²) in [5.41, 5.74) is 0. The van der Waals surface area contributed by atoms with E-state index in [-0.39, 0.29) is 18.9 Å². The first-order chi connectivity index (χ1) is 28.0. The maximum Gasteiger partial charge on any atom is 0.222 e. The maximum absolute atomic E-state index is 12.5. The standard InChI is InChI=1S/C52H101NO4/c1-3-5-7-9-11-13-15-17-19-21-22-23-24-25-26-27-28-29-30-31-33-35-37-39-41-43-45-49(55)47-52(57)53-50(48-54)51(56)46-44-42-40-38-36-34-32-20-18-16-14-12-10-8-6-4-2/h36,38,44,46,49-51,54-56H,3-35,37,39-43,45,47-48H2,1-2H3,(H,53,57)/b38-36+,46-44+. The lowest BCUT2D eigenvalue weighted by molar-refractivity contribution is -0.124. The molecule has 0 radical (unpaired) electrons. The average molecular weight is 804 g/mol. The van der Waals surface area contributed by atoms with Crippen molar-refractivity contribution < 1.29 is 20.1 Å². The van der Waals surface area contributed by atoms with Gasteiger partial charge in [-0.3, -0.25) is 4.79 Å². The van der Waals surface area contributed by atoms with Crippen LogP contribution in [0.15, 0.2) is 24.3 Å². The molecular weight excluding hydrogens is 703 g/mol. The van der Waals surface area contributed by atoms with Crippen LogP contribution >= 0.6 is 0 Å². The third-order valence-corrected chi connectivity index (χ3v) is 12.0. The van der Waals surface area contributed by atoms with Gasteiger partial charge in [0.05, 0.1) is 31.3 Å². The Balaban J connectivity index is 3.57. The number of amides is 1. The predicted octanol–water partition coefficient (Wildman–Crippen LogP) is 15.3. The largest absolute Gasteiger partial charge is 0.394 e. The molecule has 0 aromatic rings. The molecule has 0 spiro atoms. The van der Waals surface area contributed by atoms with Gasteiger partial charge in [0.1, 0.15) is 0 Å². The van der Waals surface area contributed by atoms with Crippen molar-refractivity contribution in [3.8, 4) is 0 Å². The third-order valence-electron chi connectivity index (χ3n) is 12.0. The van der Waals surface area contributed by atoms with Gasteiger partial charge in [-0.1, -0.05) is 263 Å². The fourth-order valence-electron chi connectivity index (χ4n) is 8.06. The number of carbonyl (C=O) groups is 1.